The second-order valence-electron chi connectivity index (χ2n) is 5.39. The van der Waals surface area contributed by atoms with Crippen LogP contribution in [0.4, 0.5) is 13.2 Å². The molecule has 1 atom stereocenters. The van der Waals surface area contributed by atoms with Gasteiger partial charge in [-0.1, -0.05) is 12.1 Å². The van der Waals surface area contributed by atoms with Crippen LogP contribution in [0, 0.1) is 0 Å². The van der Waals surface area contributed by atoms with E-state index in [2.05, 4.69) is 4.84 Å². The molecule has 0 aromatic heterocycles. The second-order valence-corrected chi connectivity index (χ2v) is 5.39. The average Bonchev–Trinajstić information content (AvgIpc) is 2.87. The first-order chi connectivity index (χ1) is 12.1. The van der Waals surface area contributed by atoms with Crippen LogP contribution in [0.15, 0.2) is 24.3 Å². The van der Waals surface area contributed by atoms with E-state index in [1.807, 2.05) is 0 Å². The maximum absolute atomic E-state index is 12.5. The van der Waals surface area contributed by atoms with Crippen molar-refractivity contribution in [3.63, 3.8) is 0 Å². The van der Waals surface area contributed by atoms with Crippen molar-refractivity contribution in [1.82, 2.24) is 10.4 Å². The van der Waals surface area contributed by atoms with Gasteiger partial charge in [-0.3, -0.25) is 14.4 Å². The number of rotatable bonds is 5. The molecule has 26 heavy (non-hydrogen) atoms. The number of nitrogens with zero attached hydrogens (tertiary/aromatic N) is 1. The average molecular weight is 374 g/mol. The van der Waals surface area contributed by atoms with E-state index in [9.17, 15) is 37.5 Å². The standard InChI is InChI=1S/C15H13F3N2O6/c16-15(17,18)14(25)19-10(7-8-1-3-9(21)4-2-8)13(24)26-20-11(22)5-6-12(20)23/h1-4,10,21H,5-7H2,(H,19,25)/t10-/m1/s1. The highest BCUT2D eigenvalue weighted by Gasteiger charge is 2.42. The van der Waals surface area contributed by atoms with Crippen LogP contribution in [0.25, 0.3) is 0 Å². The lowest BCUT2D eigenvalue weighted by Gasteiger charge is -2.20. The van der Waals surface area contributed by atoms with Gasteiger partial charge in [0.25, 0.3) is 11.8 Å². The fraction of sp³-hybridized carbons (Fsp3) is 0.333. The van der Waals surface area contributed by atoms with Crippen molar-refractivity contribution in [1.29, 1.82) is 0 Å². The van der Waals surface area contributed by atoms with Crippen molar-refractivity contribution in [3.05, 3.63) is 29.8 Å². The Bertz CT molecular complexity index is 716. The number of phenolic OH excluding ortho intramolecular Hbond substituents is 1. The van der Waals surface area contributed by atoms with Gasteiger partial charge in [0.2, 0.25) is 0 Å². The lowest BCUT2D eigenvalue weighted by molar-refractivity contribution is -0.200. The molecule has 0 unspecified atom stereocenters. The van der Waals surface area contributed by atoms with Crippen LogP contribution in [0.2, 0.25) is 0 Å². The summed E-state index contributed by atoms with van der Waals surface area (Å²) in [5.41, 5.74) is 0.297. The van der Waals surface area contributed by atoms with E-state index in [1.165, 1.54) is 29.6 Å². The van der Waals surface area contributed by atoms with Crippen molar-refractivity contribution < 1.29 is 42.3 Å². The van der Waals surface area contributed by atoms with Crippen LogP contribution in [0.5, 0.6) is 5.75 Å². The molecule has 1 saturated heterocycles. The summed E-state index contributed by atoms with van der Waals surface area (Å²) in [5, 5.41) is 10.9. The minimum Gasteiger partial charge on any atom is -0.508 e. The SMILES string of the molecule is O=C(ON1C(=O)CCC1=O)[C@@H](Cc1ccc(O)cc1)NC(=O)C(F)(F)F. The van der Waals surface area contributed by atoms with Gasteiger partial charge in [-0.2, -0.15) is 13.2 Å². The Morgan fingerprint density at radius 3 is 2.19 bits per heavy atom. The second kappa shape index (κ2) is 7.42. The number of carbonyl (C=O) groups is 4. The normalized spacial score (nSPS) is 15.7. The third-order valence-electron chi connectivity index (χ3n) is 3.41. The molecule has 0 aliphatic carbocycles. The summed E-state index contributed by atoms with van der Waals surface area (Å²) in [6, 6.07) is 3.30. The monoisotopic (exact) mass is 374 g/mol. The molecule has 11 heteroatoms. The van der Waals surface area contributed by atoms with Gasteiger partial charge in [-0.15, -0.1) is 5.06 Å². The number of nitrogens with one attached hydrogen (secondary N) is 1. The van der Waals surface area contributed by atoms with Crippen LogP contribution in [-0.2, 0) is 30.4 Å². The highest BCUT2D eigenvalue weighted by atomic mass is 19.4. The number of phenols is 1. The van der Waals surface area contributed by atoms with Gasteiger partial charge in [0.05, 0.1) is 0 Å². The Hall–Kier alpha value is -3.11. The molecule has 1 aromatic carbocycles. The van der Waals surface area contributed by atoms with Gasteiger partial charge in [0.1, 0.15) is 11.8 Å². The highest BCUT2D eigenvalue weighted by Crippen LogP contribution is 2.18. The smallest absolute Gasteiger partial charge is 0.471 e. The summed E-state index contributed by atoms with van der Waals surface area (Å²) < 4.78 is 37.4. The number of halogens is 3. The van der Waals surface area contributed by atoms with Gasteiger partial charge in [-0.05, 0) is 17.7 Å². The number of benzene rings is 1. The van der Waals surface area contributed by atoms with Crippen molar-refractivity contribution in [2.45, 2.75) is 31.5 Å². The number of hydrogen-bond donors (Lipinski definition) is 2. The Kier molecular flexibility index (Phi) is 5.48. The molecular formula is C15H13F3N2O6. The minimum absolute atomic E-state index is 0.111. The Morgan fingerprint density at radius 2 is 1.69 bits per heavy atom. The molecule has 2 N–H and O–H groups in total. The van der Waals surface area contributed by atoms with Crippen LogP contribution < -0.4 is 5.32 Å². The lowest BCUT2D eigenvalue weighted by Crippen LogP contribution is -2.50. The Morgan fingerprint density at radius 1 is 1.15 bits per heavy atom. The molecule has 0 radical (unpaired) electrons. The quantitative estimate of drug-likeness (QED) is 0.730. The van der Waals surface area contributed by atoms with Gasteiger partial charge < -0.3 is 15.3 Å². The molecular weight excluding hydrogens is 361 g/mol. The van der Waals surface area contributed by atoms with Gasteiger partial charge >= 0.3 is 18.1 Å². The van der Waals surface area contributed by atoms with Gasteiger partial charge in [0, 0.05) is 19.3 Å². The van der Waals surface area contributed by atoms with Crippen molar-refractivity contribution >= 4 is 23.7 Å². The predicted molar refractivity (Wildman–Crippen MR) is 77.0 cm³/mol. The third-order valence-corrected chi connectivity index (χ3v) is 3.41. The molecule has 1 fully saturated rings. The van der Waals surface area contributed by atoms with E-state index in [1.54, 1.807) is 0 Å². The van der Waals surface area contributed by atoms with Crippen molar-refractivity contribution in [3.8, 4) is 5.75 Å². The first-order valence-corrected chi connectivity index (χ1v) is 7.31. The predicted octanol–water partition coefficient (Wildman–Crippen LogP) is 0.589. The fourth-order valence-electron chi connectivity index (χ4n) is 2.11. The molecule has 140 valence electrons. The van der Waals surface area contributed by atoms with E-state index in [0.717, 1.165) is 0 Å². The number of amides is 3. The molecule has 3 amide bonds. The number of alkyl halides is 3. The lowest BCUT2D eigenvalue weighted by atomic mass is 10.1. The summed E-state index contributed by atoms with van der Waals surface area (Å²) in [7, 11) is 0. The largest absolute Gasteiger partial charge is 0.508 e. The van der Waals surface area contributed by atoms with E-state index in [-0.39, 0.29) is 23.7 Å². The zero-order chi connectivity index (χ0) is 19.5. The molecule has 2 rings (SSSR count). The summed E-state index contributed by atoms with van der Waals surface area (Å²) in [4.78, 5) is 50.8. The Labute approximate surface area is 144 Å². The molecule has 1 aliphatic rings. The zero-order valence-corrected chi connectivity index (χ0v) is 13.1. The van der Waals surface area contributed by atoms with E-state index in [0.29, 0.717) is 5.56 Å². The van der Waals surface area contributed by atoms with Gasteiger partial charge in [-0.25, -0.2) is 4.79 Å². The highest BCUT2D eigenvalue weighted by molar-refractivity contribution is 6.02. The topological polar surface area (TPSA) is 113 Å². The van der Waals surface area contributed by atoms with Crippen LogP contribution >= 0.6 is 0 Å². The van der Waals surface area contributed by atoms with E-state index < -0.39 is 42.3 Å². The molecule has 0 bridgehead atoms. The molecule has 8 nitrogen and oxygen atoms in total. The molecule has 1 aromatic rings. The zero-order valence-electron chi connectivity index (χ0n) is 13.1. The molecule has 0 saturated carbocycles. The number of hydrogen-bond acceptors (Lipinski definition) is 6. The van der Waals surface area contributed by atoms with Crippen molar-refractivity contribution in [2.24, 2.45) is 0 Å². The third kappa shape index (κ3) is 4.71. The number of hydroxylamine groups is 2. The van der Waals surface area contributed by atoms with Gasteiger partial charge in [0.15, 0.2) is 0 Å². The van der Waals surface area contributed by atoms with Crippen LogP contribution in [0.3, 0.4) is 0 Å². The Balaban J connectivity index is 2.16. The summed E-state index contributed by atoms with van der Waals surface area (Å²) in [6.45, 7) is 0. The molecule has 0 spiro atoms. The number of imide groups is 1. The summed E-state index contributed by atoms with van der Waals surface area (Å²) in [6.07, 6.45) is -6.04. The fourth-order valence-corrected chi connectivity index (χ4v) is 2.11. The summed E-state index contributed by atoms with van der Waals surface area (Å²) >= 11 is 0. The molecule has 1 aliphatic heterocycles. The first kappa shape index (κ1) is 19.2. The van der Waals surface area contributed by atoms with Crippen LogP contribution in [0.1, 0.15) is 18.4 Å². The maximum atomic E-state index is 12.5. The number of aromatic hydroxyl groups is 1. The summed E-state index contributed by atoms with van der Waals surface area (Å²) in [5.74, 6) is -5.51. The van der Waals surface area contributed by atoms with E-state index >= 15 is 0 Å². The minimum atomic E-state index is -5.24. The molecule has 1 heterocycles. The first-order valence-electron chi connectivity index (χ1n) is 7.31. The van der Waals surface area contributed by atoms with E-state index in [4.69, 9.17) is 0 Å². The van der Waals surface area contributed by atoms with Crippen LogP contribution in [-0.4, -0.2) is 46.1 Å². The number of carbonyl (C=O) groups excluding carboxylic acids is 4. The van der Waals surface area contributed by atoms with Crippen molar-refractivity contribution in [2.75, 3.05) is 0 Å². The maximum Gasteiger partial charge on any atom is 0.471 e.